The second-order valence-electron chi connectivity index (χ2n) is 6.90. The molecule has 3 aromatic carbocycles. The van der Waals surface area contributed by atoms with Crippen LogP contribution in [0.3, 0.4) is 0 Å². The summed E-state index contributed by atoms with van der Waals surface area (Å²) in [5.74, 6) is 0.971. The molecule has 31 heavy (non-hydrogen) atoms. The van der Waals surface area contributed by atoms with Gasteiger partial charge in [0.05, 0.1) is 12.7 Å². The van der Waals surface area contributed by atoms with Gasteiger partial charge < -0.3 is 9.26 Å². The van der Waals surface area contributed by atoms with Crippen LogP contribution in [0.1, 0.15) is 0 Å². The molecule has 0 amide bonds. The van der Waals surface area contributed by atoms with Gasteiger partial charge in [-0.25, -0.2) is 4.39 Å². The van der Waals surface area contributed by atoms with Crippen LogP contribution in [0.2, 0.25) is 0 Å². The third-order valence-corrected chi connectivity index (χ3v) is 5.01. The Morgan fingerprint density at radius 1 is 0.968 bits per heavy atom. The van der Waals surface area contributed by atoms with Crippen molar-refractivity contribution in [2.75, 3.05) is 7.11 Å². The molecule has 0 spiro atoms. The monoisotopic (exact) mass is 413 g/mol. The first-order valence-corrected chi connectivity index (χ1v) is 9.53. The predicted octanol–water partition coefficient (Wildman–Crippen LogP) is 4.86. The Balaban J connectivity index is 1.70. The maximum absolute atomic E-state index is 13.4. The molecule has 2 heterocycles. The van der Waals surface area contributed by atoms with Crippen LogP contribution in [-0.4, -0.2) is 21.8 Å². The van der Waals surface area contributed by atoms with Gasteiger partial charge in [0.2, 0.25) is 5.82 Å². The van der Waals surface area contributed by atoms with Crippen LogP contribution < -0.4 is 10.3 Å². The standard InChI is InChI=1S/C24H16FN3O3/c1-30-18-6-4-5-15(13-18)22-26-23(31-27-22)21-14-28(17-11-9-16(25)10-12-17)24(29)20-8-3-2-7-19(20)21/h2-14H,1H3. The van der Waals surface area contributed by atoms with Crippen molar-refractivity contribution in [1.82, 2.24) is 14.7 Å². The predicted molar refractivity (Wildman–Crippen MR) is 115 cm³/mol. The third kappa shape index (κ3) is 3.36. The smallest absolute Gasteiger partial charge is 0.262 e. The average Bonchev–Trinajstić information content (AvgIpc) is 3.30. The number of ether oxygens (including phenoxy) is 1. The van der Waals surface area contributed by atoms with E-state index in [9.17, 15) is 9.18 Å². The van der Waals surface area contributed by atoms with Crippen LogP contribution in [0.5, 0.6) is 5.75 Å². The van der Waals surface area contributed by atoms with Gasteiger partial charge in [0.15, 0.2) is 0 Å². The van der Waals surface area contributed by atoms with E-state index in [0.29, 0.717) is 33.6 Å². The van der Waals surface area contributed by atoms with Crippen LogP contribution in [0.4, 0.5) is 4.39 Å². The van der Waals surface area contributed by atoms with E-state index in [1.807, 2.05) is 36.4 Å². The summed E-state index contributed by atoms with van der Waals surface area (Å²) in [6.45, 7) is 0. The van der Waals surface area contributed by atoms with Gasteiger partial charge in [0.25, 0.3) is 11.4 Å². The molecular formula is C24H16FN3O3. The van der Waals surface area contributed by atoms with E-state index in [1.165, 1.54) is 16.7 Å². The molecule has 0 saturated carbocycles. The lowest BCUT2D eigenvalue weighted by molar-refractivity contribution is 0.414. The number of aromatic nitrogens is 3. The van der Waals surface area contributed by atoms with Gasteiger partial charge in [-0.05, 0) is 42.5 Å². The number of hydrogen-bond donors (Lipinski definition) is 0. The van der Waals surface area contributed by atoms with Gasteiger partial charge in [-0.15, -0.1) is 0 Å². The van der Waals surface area contributed by atoms with Crippen molar-refractivity contribution in [1.29, 1.82) is 0 Å². The number of fused-ring (bicyclic) bond motifs is 1. The van der Waals surface area contributed by atoms with E-state index >= 15 is 0 Å². The number of methoxy groups -OCH3 is 1. The Kier molecular flexibility index (Phi) is 4.55. The molecule has 0 aliphatic heterocycles. The molecule has 0 radical (unpaired) electrons. The topological polar surface area (TPSA) is 70.2 Å². The minimum atomic E-state index is -0.377. The molecule has 0 unspecified atom stereocenters. The highest BCUT2D eigenvalue weighted by Gasteiger charge is 2.17. The average molecular weight is 413 g/mol. The molecule has 0 aliphatic carbocycles. The maximum Gasteiger partial charge on any atom is 0.262 e. The second kappa shape index (κ2) is 7.53. The highest BCUT2D eigenvalue weighted by Crippen LogP contribution is 2.29. The van der Waals surface area contributed by atoms with Crippen LogP contribution in [0.25, 0.3) is 39.3 Å². The van der Waals surface area contributed by atoms with E-state index in [2.05, 4.69) is 10.1 Å². The lowest BCUT2D eigenvalue weighted by atomic mass is 10.1. The van der Waals surface area contributed by atoms with Gasteiger partial charge in [0, 0.05) is 28.2 Å². The lowest BCUT2D eigenvalue weighted by Crippen LogP contribution is -2.18. The van der Waals surface area contributed by atoms with Crippen LogP contribution in [0.15, 0.2) is 88.3 Å². The number of benzene rings is 3. The van der Waals surface area contributed by atoms with Gasteiger partial charge in [-0.3, -0.25) is 9.36 Å². The van der Waals surface area contributed by atoms with Gasteiger partial charge in [0.1, 0.15) is 11.6 Å². The molecule has 6 nitrogen and oxygen atoms in total. The number of hydrogen-bond acceptors (Lipinski definition) is 5. The number of halogens is 1. The van der Waals surface area contributed by atoms with Gasteiger partial charge >= 0.3 is 0 Å². The molecule has 0 atom stereocenters. The molecule has 0 bridgehead atoms. The van der Waals surface area contributed by atoms with Crippen molar-refractivity contribution in [2.45, 2.75) is 0 Å². The number of pyridine rings is 1. The zero-order valence-electron chi connectivity index (χ0n) is 16.4. The first kappa shape index (κ1) is 18.7. The minimum Gasteiger partial charge on any atom is -0.497 e. The van der Waals surface area contributed by atoms with Gasteiger partial charge in [-0.2, -0.15) is 4.98 Å². The summed E-state index contributed by atoms with van der Waals surface area (Å²) in [7, 11) is 1.59. The molecule has 7 heteroatoms. The normalized spacial score (nSPS) is 11.0. The minimum absolute atomic E-state index is 0.224. The van der Waals surface area contributed by atoms with E-state index in [0.717, 1.165) is 5.56 Å². The van der Waals surface area contributed by atoms with Crippen molar-refractivity contribution in [3.05, 3.63) is 95.2 Å². The van der Waals surface area contributed by atoms with Crippen molar-refractivity contribution >= 4 is 10.8 Å². The fourth-order valence-corrected chi connectivity index (χ4v) is 3.47. The first-order chi connectivity index (χ1) is 15.1. The lowest BCUT2D eigenvalue weighted by Gasteiger charge is -2.10. The van der Waals surface area contributed by atoms with Crippen molar-refractivity contribution in [3.63, 3.8) is 0 Å². The van der Waals surface area contributed by atoms with E-state index in [4.69, 9.17) is 9.26 Å². The van der Waals surface area contributed by atoms with Crippen LogP contribution in [-0.2, 0) is 0 Å². The Morgan fingerprint density at radius 3 is 2.52 bits per heavy atom. The Morgan fingerprint density at radius 2 is 1.74 bits per heavy atom. The summed E-state index contributed by atoms with van der Waals surface area (Å²) in [4.78, 5) is 17.6. The molecule has 5 aromatic rings. The van der Waals surface area contributed by atoms with Crippen molar-refractivity contribution < 1.29 is 13.7 Å². The fraction of sp³-hybridized carbons (Fsp3) is 0.0417. The van der Waals surface area contributed by atoms with E-state index < -0.39 is 0 Å². The Bertz CT molecular complexity index is 1460. The molecule has 0 aliphatic rings. The van der Waals surface area contributed by atoms with Crippen LogP contribution >= 0.6 is 0 Å². The number of nitrogens with zero attached hydrogens (tertiary/aromatic N) is 3. The second-order valence-corrected chi connectivity index (χ2v) is 6.90. The Hall–Kier alpha value is -4.26. The van der Waals surface area contributed by atoms with E-state index in [-0.39, 0.29) is 17.3 Å². The zero-order chi connectivity index (χ0) is 21.4. The van der Waals surface area contributed by atoms with E-state index in [1.54, 1.807) is 37.6 Å². The van der Waals surface area contributed by atoms with Crippen LogP contribution in [0, 0.1) is 5.82 Å². The molecule has 2 aromatic heterocycles. The summed E-state index contributed by atoms with van der Waals surface area (Å²) in [6, 6.07) is 20.2. The highest BCUT2D eigenvalue weighted by molar-refractivity contribution is 5.94. The summed E-state index contributed by atoms with van der Waals surface area (Å²) in [5, 5.41) is 5.28. The van der Waals surface area contributed by atoms with Crippen molar-refractivity contribution in [3.8, 4) is 34.3 Å². The molecule has 0 fully saturated rings. The summed E-state index contributed by atoms with van der Waals surface area (Å²) in [5.41, 5.74) is 1.65. The van der Waals surface area contributed by atoms with Gasteiger partial charge in [-0.1, -0.05) is 35.5 Å². The molecule has 0 saturated heterocycles. The quantitative estimate of drug-likeness (QED) is 0.421. The Labute approximate surface area is 176 Å². The third-order valence-electron chi connectivity index (χ3n) is 5.01. The molecule has 5 rings (SSSR count). The number of rotatable bonds is 4. The molecular weight excluding hydrogens is 397 g/mol. The summed E-state index contributed by atoms with van der Waals surface area (Å²) < 4.78 is 25.7. The highest BCUT2D eigenvalue weighted by atomic mass is 19.1. The zero-order valence-corrected chi connectivity index (χ0v) is 16.4. The van der Waals surface area contributed by atoms with Crippen molar-refractivity contribution in [2.24, 2.45) is 0 Å². The SMILES string of the molecule is COc1cccc(-c2noc(-c3cn(-c4ccc(F)cc4)c(=O)c4ccccc34)n2)c1. The largest absolute Gasteiger partial charge is 0.497 e. The molecule has 152 valence electrons. The summed E-state index contributed by atoms with van der Waals surface area (Å²) in [6.07, 6.45) is 1.64. The maximum atomic E-state index is 13.4. The fourth-order valence-electron chi connectivity index (χ4n) is 3.47. The first-order valence-electron chi connectivity index (χ1n) is 9.53. The molecule has 0 N–H and O–H groups in total. The summed E-state index contributed by atoms with van der Waals surface area (Å²) >= 11 is 0.